The van der Waals surface area contributed by atoms with Crippen molar-refractivity contribution in [3.8, 4) is 0 Å². The molecule has 0 spiro atoms. The van der Waals surface area contributed by atoms with Gasteiger partial charge in [-0.15, -0.1) is 0 Å². The van der Waals surface area contributed by atoms with E-state index in [0.717, 1.165) is 23.7 Å². The van der Waals surface area contributed by atoms with Crippen LogP contribution in [0.4, 0.5) is 0 Å². The maximum absolute atomic E-state index is 5.72. The fourth-order valence-corrected chi connectivity index (χ4v) is 4.34. The minimum absolute atomic E-state index is 0.592. The second kappa shape index (κ2) is 2.98. The molecule has 1 heteroatoms. The van der Waals surface area contributed by atoms with Crippen LogP contribution in [0.25, 0.3) is 0 Å². The highest BCUT2D eigenvalue weighted by molar-refractivity contribution is 5.03. The number of ether oxygens (including phenoxy) is 1. The van der Waals surface area contributed by atoms with Crippen LogP contribution in [0, 0.1) is 30.3 Å². The Bertz CT molecular complexity index is 201. The molecule has 3 rings (SSSR count). The van der Waals surface area contributed by atoms with Crippen LogP contribution < -0.4 is 0 Å². The third-order valence-electron chi connectivity index (χ3n) is 4.68. The van der Waals surface area contributed by atoms with Crippen LogP contribution >= 0.6 is 0 Å². The van der Waals surface area contributed by atoms with Gasteiger partial charge in [0.25, 0.3) is 0 Å². The molecule has 0 heterocycles. The highest BCUT2D eigenvalue weighted by Gasteiger charge is 2.54. The Balaban J connectivity index is 1.74. The van der Waals surface area contributed by atoms with E-state index in [9.17, 15) is 0 Å². The van der Waals surface area contributed by atoms with Gasteiger partial charge in [-0.1, -0.05) is 6.42 Å². The van der Waals surface area contributed by atoms with Crippen molar-refractivity contribution in [1.82, 2.24) is 0 Å². The summed E-state index contributed by atoms with van der Waals surface area (Å²) in [4.78, 5) is 0. The molecule has 0 amide bonds. The van der Waals surface area contributed by atoms with Crippen LogP contribution in [0.2, 0.25) is 0 Å². The summed E-state index contributed by atoms with van der Waals surface area (Å²) in [5.74, 6) is 4.10. The van der Waals surface area contributed by atoms with E-state index in [1.807, 2.05) is 13.5 Å². The number of fused-ring (bicyclic) bond motifs is 5. The van der Waals surface area contributed by atoms with Gasteiger partial charge in [-0.25, -0.2) is 0 Å². The summed E-state index contributed by atoms with van der Waals surface area (Å²) in [6, 6.07) is 0. The number of hydrogen-bond donors (Lipinski definition) is 0. The average molecular weight is 179 g/mol. The number of rotatable bonds is 2. The molecule has 0 aromatic rings. The molecule has 13 heavy (non-hydrogen) atoms. The molecular formula is C12H19O. The van der Waals surface area contributed by atoms with Crippen molar-refractivity contribution in [1.29, 1.82) is 0 Å². The molecule has 73 valence electrons. The monoisotopic (exact) mass is 179 g/mol. The third-order valence-corrected chi connectivity index (χ3v) is 4.68. The van der Waals surface area contributed by atoms with Gasteiger partial charge in [0.05, 0.1) is 12.7 Å². The normalized spacial score (nSPS) is 52.8. The van der Waals surface area contributed by atoms with Gasteiger partial charge < -0.3 is 4.74 Å². The van der Waals surface area contributed by atoms with E-state index in [1.165, 1.54) is 32.1 Å². The summed E-state index contributed by atoms with van der Waals surface area (Å²) in [6.45, 7) is 3.91. The minimum Gasteiger partial charge on any atom is -0.372 e. The van der Waals surface area contributed by atoms with Crippen molar-refractivity contribution in [2.24, 2.45) is 23.7 Å². The van der Waals surface area contributed by atoms with Crippen molar-refractivity contribution in [2.45, 2.75) is 45.1 Å². The molecule has 1 radical (unpaired) electrons. The third kappa shape index (κ3) is 1.09. The van der Waals surface area contributed by atoms with Crippen molar-refractivity contribution < 1.29 is 4.74 Å². The molecule has 5 atom stereocenters. The Morgan fingerprint density at radius 1 is 1.08 bits per heavy atom. The van der Waals surface area contributed by atoms with Crippen molar-refractivity contribution in [3.05, 3.63) is 6.61 Å². The zero-order valence-corrected chi connectivity index (χ0v) is 8.41. The molecule has 0 aromatic heterocycles. The predicted octanol–water partition coefficient (Wildman–Crippen LogP) is 3.01. The molecule has 0 aliphatic heterocycles. The van der Waals surface area contributed by atoms with Gasteiger partial charge in [0.1, 0.15) is 0 Å². The minimum atomic E-state index is 0.592. The van der Waals surface area contributed by atoms with Crippen LogP contribution in [0.1, 0.15) is 39.0 Å². The van der Waals surface area contributed by atoms with Crippen LogP contribution in [0.15, 0.2) is 0 Å². The van der Waals surface area contributed by atoms with E-state index in [4.69, 9.17) is 4.74 Å². The first-order chi connectivity index (χ1) is 6.40. The quantitative estimate of drug-likeness (QED) is 0.633. The van der Waals surface area contributed by atoms with E-state index < -0.39 is 0 Å². The molecule has 2 bridgehead atoms. The second-order valence-corrected chi connectivity index (χ2v) is 5.06. The largest absolute Gasteiger partial charge is 0.372 e. The molecule has 5 unspecified atom stereocenters. The molecule has 3 aliphatic carbocycles. The Hall–Kier alpha value is -0.0400. The van der Waals surface area contributed by atoms with Crippen LogP contribution in [-0.4, -0.2) is 6.10 Å². The van der Waals surface area contributed by atoms with Crippen molar-refractivity contribution in [3.63, 3.8) is 0 Å². The molecule has 0 saturated heterocycles. The maximum atomic E-state index is 5.72. The molecular weight excluding hydrogens is 160 g/mol. The van der Waals surface area contributed by atoms with E-state index in [-0.39, 0.29) is 0 Å². The highest BCUT2D eigenvalue weighted by atomic mass is 16.5. The Kier molecular flexibility index (Phi) is 1.90. The highest BCUT2D eigenvalue weighted by Crippen LogP contribution is 2.59. The first-order valence-corrected chi connectivity index (χ1v) is 5.83. The lowest BCUT2D eigenvalue weighted by Crippen LogP contribution is -2.29. The van der Waals surface area contributed by atoms with E-state index >= 15 is 0 Å². The summed E-state index contributed by atoms with van der Waals surface area (Å²) in [6.07, 6.45) is 7.94. The smallest absolute Gasteiger partial charge is 0.0809 e. The van der Waals surface area contributed by atoms with Crippen LogP contribution in [0.5, 0.6) is 0 Å². The van der Waals surface area contributed by atoms with E-state index in [0.29, 0.717) is 6.10 Å². The molecule has 3 fully saturated rings. The lowest BCUT2D eigenvalue weighted by Gasteiger charge is -2.31. The zero-order valence-electron chi connectivity index (χ0n) is 8.41. The van der Waals surface area contributed by atoms with E-state index in [2.05, 4.69) is 0 Å². The predicted molar refractivity (Wildman–Crippen MR) is 51.9 cm³/mol. The SMILES string of the molecule is C[CH]OC1CC2CC1C1CCCC21. The Morgan fingerprint density at radius 3 is 2.77 bits per heavy atom. The summed E-state index contributed by atoms with van der Waals surface area (Å²) in [5, 5.41) is 0. The van der Waals surface area contributed by atoms with Crippen LogP contribution in [-0.2, 0) is 4.74 Å². The van der Waals surface area contributed by atoms with Crippen molar-refractivity contribution in [2.75, 3.05) is 0 Å². The standard InChI is InChI=1S/C12H19O/c1-2-13-12-7-8-6-11(12)10-5-3-4-9(8)10/h2,8-12H,3-7H2,1H3. The lowest BCUT2D eigenvalue weighted by atomic mass is 9.80. The number of hydrogen-bond acceptors (Lipinski definition) is 1. The van der Waals surface area contributed by atoms with Gasteiger partial charge >= 0.3 is 0 Å². The first kappa shape index (κ1) is 8.28. The van der Waals surface area contributed by atoms with Gasteiger partial charge in [0, 0.05) is 0 Å². The molecule has 0 aromatic carbocycles. The van der Waals surface area contributed by atoms with Gasteiger partial charge in [0.15, 0.2) is 0 Å². The summed E-state index contributed by atoms with van der Waals surface area (Å²) in [5.41, 5.74) is 0. The Labute approximate surface area is 80.8 Å². The first-order valence-electron chi connectivity index (χ1n) is 5.83. The van der Waals surface area contributed by atoms with Gasteiger partial charge in [-0.05, 0) is 56.3 Å². The Morgan fingerprint density at radius 2 is 1.92 bits per heavy atom. The zero-order chi connectivity index (χ0) is 8.84. The maximum Gasteiger partial charge on any atom is 0.0809 e. The molecule has 1 nitrogen and oxygen atoms in total. The summed E-state index contributed by atoms with van der Waals surface area (Å²) in [7, 11) is 0. The second-order valence-electron chi connectivity index (χ2n) is 5.06. The molecule has 0 N–H and O–H groups in total. The van der Waals surface area contributed by atoms with Crippen molar-refractivity contribution >= 4 is 0 Å². The van der Waals surface area contributed by atoms with Crippen LogP contribution in [0.3, 0.4) is 0 Å². The lowest BCUT2D eigenvalue weighted by molar-refractivity contribution is 0.0270. The average Bonchev–Trinajstić information content (AvgIpc) is 2.72. The topological polar surface area (TPSA) is 9.23 Å². The molecule has 3 aliphatic rings. The molecule has 3 saturated carbocycles. The fraction of sp³-hybridized carbons (Fsp3) is 0.917. The summed E-state index contributed by atoms with van der Waals surface area (Å²) < 4.78 is 5.72. The fourth-order valence-electron chi connectivity index (χ4n) is 4.34. The summed E-state index contributed by atoms with van der Waals surface area (Å²) >= 11 is 0. The van der Waals surface area contributed by atoms with Gasteiger partial charge in [-0.3, -0.25) is 0 Å². The van der Waals surface area contributed by atoms with Gasteiger partial charge in [-0.2, -0.15) is 0 Å². The van der Waals surface area contributed by atoms with E-state index in [1.54, 1.807) is 0 Å². The van der Waals surface area contributed by atoms with Gasteiger partial charge in [0.2, 0.25) is 0 Å².